The number of hydrogen-bond donors (Lipinski definition) is 3. The van der Waals surface area contributed by atoms with Gasteiger partial charge >= 0.3 is 0 Å². The summed E-state index contributed by atoms with van der Waals surface area (Å²) in [5.41, 5.74) is 10.8. The Bertz CT molecular complexity index is 582. The lowest BCUT2D eigenvalue weighted by molar-refractivity contribution is -0.129. The molecular formula is C40H86N4O3. The third-order valence-corrected chi connectivity index (χ3v) is 8.92. The van der Waals surface area contributed by atoms with E-state index < -0.39 is 0 Å². The van der Waals surface area contributed by atoms with Crippen LogP contribution in [0.2, 0.25) is 0 Å². The van der Waals surface area contributed by atoms with E-state index in [4.69, 9.17) is 20.9 Å². The number of ether oxygens (including phenoxy) is 2. The van der Waals surface area contributed by atoms with Crippen molar-refractivity contribution in [1.29, 1.82) is 0 Å². The average Bonchev–Trinajstić information content (AvgIpc) is 3.07. The molecular weight excluding hydrogens is 584 g/mol. The Kier molecular flexibility index (Phi) is 44.6. The molecule has 0 aliphatic carbocycles. The molecule has 0 aliphatic rings. The fourth-order valence-electron chi connectivity index (χ4n) is 5.64. The van der Waals surface area contributed by atoms with Gasteiger partial charge in [0.2, 0.25) is 5.91 Å². The zero-order chi connectivity index (χ0) is 34.9. The van der Waals surface area contributed by atoms with E-state index in [-0.39, 0.29) is 5.91 Å². The summed E-state index contributed by atoms with van der Waals surface area (Å²) in [7, 11) is 0. The van der Waals surface area contributed by atoms with Crippen LogP contribution in [0.3, 0.4) is 0 Å². The smallest absolute Gasteiger partial charge is 0.219 e. The number of rotatable bonds is 37. The SMILES string of the molecule is CC(=O)N(CCCN)CCCCNCCCN.CCCCCCCCCCCCOCC(CC)OCCCCCCCCCCCC. The lowest BCUT2D eigenvalue weighted by Gasteiger charge is -2.20. The maximum Gasteiger partial charge on any atom is 0.219 e. The molecule has 0 aromatic heterocycles. The Morgan fingerprint density at radius 3 is 1.49 bits per heavy atom. The first-order chi connectivity index (χ1) is 23.1. The zero-order valence-corrected chi connectivity index (χ0v) is 32.4. The van der Waals surface area contributed by atoms with Crippen LogP contribution in [0.5, 0.6) is 0 Å². The van der Waals surface area contributed by atoms with E-state index in [2.05, 4.69) is 26.1 Å². The molecule has 1 amide bonds. The minimum absolute atomic E-state index is 0.148. The number of nitrogens with zero attached hydrogens (tertiary/aromatic N) is 1. The highest BCUT2D eigenvalue weighted by molar-refractivity contribution is 5.73. The van der Waals surface area contributed by atoms with Gasteiger partial charge in [-0.25, -0.2) is 0 Å². The summed E-state index contributed by atoms with van der Waals surface area (Å²) in [5.74, 6) is 0.148. The molecule has 47 heavy (non-hydrogen) atoms. The molecule has 1 atom stereocenters. The molecule has 0 aromatic rings. The molecule has 0 fully saturated rings. The second kappa shape index (κ2) is 43.3. The van der Waals surface area contributed by atoms with E-state index in [1.54, 1.807) is 6.92 Å². The van der Waals surface area contributed by atoms with E-state index >= 15 is 0 Å². The van der Waals surface area contributed by atoms with Gasteiger partial charge in [-0.15, -0.1) is 0 Å². The van der Waals surface area contributed by atoms with Crippen LogP contribution < -0.4 is 16.8 Å². The highest BCUT2D eigenvalue weighted by Gasteiger charge is 2.07. The Hall–Kier alpha value is -0.730. The minimum atomic E-state index is 0.148. The number of carbonyl (C=O) groups is 1. The third kappa shape index (κ3) is 41.4. The summed E-state index contributed by atoms with van der Waals surface area (Å²) in [4.78, 5) is 13.2. The molecule has 0 saturated heterocycles. The van der Waals surface area contributed by atoms with Crippen LogP contribution in [0.1, 0.15) is 188 Å². The maximum atomic E-state index is 11.3. The van der Waals surface area contributed by atoms with E-state index in [9.17, 15) is 4.79 Å². The monoisotopic (exact) mass is 671 g/mol. The number of nitrogens with two attached hydrogens (primary N) is 2. The van der Waals surface area contributed by atoms with E-state index in [1.807, 2.05) is 4.90 Å². The second-order valence-corrected chi connectivity index (χ2v) is 13.6. The maximum absolute atomic E-state index is 11.3. The summed E-state index contributed by atoms with van der Waals surface area (Å²) < 4.78 is 11.9. The van der Waals surface area contributed by atoms with Crippen molar-refractivity contribution in [2.45, 2.75) is 194 Å². The predicted molar refractivity (Wildman–Crippen MR) is 206 cm³/mol. The number of carbonyl (C=O) groups excluding carboxylic acids is 1. The Labute approximate surface area is 294 Å². The first kappa shape index (κ1) is 48.4. The number of unbranched alkanes of at least 4 members (excludes halogenated alkanes) is 19. The first-order valence-electron chi connectivity index (χ1n) is 20.6. The van der Waals surface area contributed by atoms with Crippen molar-refractivity contribution in [2.75, 3.05) is 59.1 Å². The molecule has 0 radical (unpaired) electrons. The van der Waals surface area contributed by atoms with Crippen molar-refractivity contribution in [3.63, 3.8) is 0 Å². The largest absolute Gasteiger partial charge is 0.379 e. The second-order valence-electron chi connectivity index (χ2n) is 13.6. The zero-order valence-electron chi connectivity index (χ0n) is 32.4. The summed E-state index contributed by atoms with van der Waals surface area (Å²) in [6.45, 7) is 16.0. The van der Waals surface area contributed by atoms with Gasteiger partial charge in [-0.3, -0.25) is 4.79 Å². The van der Waals surface area contributed by atoms with Crippen molar-refractivity contribution < 1.29 is 14.3 Å². The van der Waals surface area contributed by atoms with Crippen LogP contribution in [0.25, 0.3) is 0 Å². The van der Waals surface area contributed by atoms with E-state index in [1.165, 1.54) is 128 Å². The topological polar surface area (TPSA) is 103 Å². The van der Waals surface area contributed by atoms with Gasteiger partial charge in [-0.1, -0.05) is 136 Å². The van der Waals surface area contributed by atoms with Gasteiger partial charge < -0.3 is 31.2 Å². The summed E-state index contributed by atoms with van der Waals surface area (Å²) >= 11 is 0. The molecule has 0 rings (SSSR count). The first-order valence-corrected chi connectivity index (χ1v) is 20.6. The average molecular weight is 671 g/mol. The molecule has 284 valence electrons. The van der Waals surface area contributed by atoms with Crippen molar-refractivity contribution >= 4 is 5.91 Å². The van der Waals surface area contributed by atoms with E-state index in [0.717, 1.165) is 84.6 Å². The molecule has 5 N–H and O–H groups in total. The molecule has 0 saturated carbocycles. The molecule has 0 bridgehead atoms. The number of nitrogens with one attached hydrogen (secondary N) is 1. The molecule has 0 aromatic carbocycles. The van der Waals surface area contributed by atoms with Gasteiger partial charge in [0.25, 0.3) is 0 Å². The molecule has 7 nitrogen and oxygen atoms in total. The van der Waals surface area contributed by atoms with Gasteiger partial charge in [0.05, 0.1) is 12.7 Å². The number of amides is 1. The molecule has 1 unspecified atom stereocenters. The fourth-order valence-corrected chi connectivity index (χ4v) is 5.64. The van der Waals surface area contributed by atoms with Crippen molar-refractivity contribution in [3.8, 4) is 0 Å². The van der Waals surface area contributed by atoms with Gasteiger partial charge in [0, 0.05) is 33.2 Å². The number of hydrogen-bond acceptors (Lipinski definition) is 6. The molecule has 0 spiro atoms. The quantitative estimate of drug-likeness (QED) is 0.0569. The molecule has 0 heterocycles. The minimum Gasteiger partial charge on any atom is -0.379 e. The van der Waals surface area contributed by atoms with Crippen LogP contribution in [-0.2, 0) is 14.3 Å². The lowest BCUT2D eigenvalue weighted by Crippen LogP contribution is -2.32. The summed E-state index contributed by atoms with van der Waals surface area (Å²) in [5, 5.41) is 3.33. The molecule has 7 heteroatoms. The van der Waals surface area contributed by atoms with Gasteiger partial charge in [0.1, 0.15) is 0 Å². The van der Waals surface area contributed by atoms with Crippen LogP contribution in [0, 0.1) is 0 Å². The van der Waals surface area contributed by atoms with Crippen molar-refractivity contribution in [3.05, 3.63) is 0 Å². The normalized spacial score (nSPS) is 11.8. The summed E-state index contributed by atoms with van der Waals surface area (Å²) in [6.07, 6.45) is 33.1. The molecule has 0 aliphatic heterocycles. The van der Waals surface area contributed by atoms with Crippen molar-refractivity contribution in [1.82, 2.24) is 10.2 Å². The fraction of sp³-hybridized carbons (Fsp3) is 0.975. The van der Waals surface area contributed by atoms with Crippen LogP contribution in [-0.4, -0.2) is 76.0 Å². The lowest BCUT2D eigenvalue weighted by atomic mass is 10.1. The Balaban J connectivity index is 0. The van der Waals surface area contributed by atoms with Crippen LogP contribution >= 0.6 is 0 Å². The third-order valence-electron chi connectivity index (χ3n) is 8.92. The van der Waals surface area contributed by atoms with Gasteiger partial charge in [0.15, 0.2) is 0 Å². The Morgan fingerprint density at radius 2 is 1.02 bits per heavy atom. The van der Waals surface area contributed by atoms with Crippen LogP contribution in [0.15, 0.2) is 0 Å². The van der Waals surface area contributed by atoms with Crippen LogP contribution in [0.4, 0.5) is 0 Å². The van der Waals surface area contributed by atoms with E-state index in [0.29, 0.717) is 12.6 Å². The standard InChI is InChI=1S/C28H58O2.C12H28N4O/c1-4-7-9-11-13-15-17-19-21-23-25-29-27-28(6-3)30-26-24-22-20-18-16-14-12-10-8-5-2;1-12(17)16(11-5-7-14)10-3-2-8-15-9-4-6-13/h28H,4-27H2,1-3H3;15H,2-11,13-14H2,1H3. The summed E-state index contributed by atoms with van der Waals surface area (Å²) in [6, 6.07) is 0. The van der Waals surface area contributed by atoms with Gasteiger partial charge in [-0.05, 0) is 71.1 Å². The Morgan fingerprint density at radius 1 is 0.574 bits per heavy atom. The predicted octanol–water partition coefficient (Wildman–Crippen LogP) is 9.54. The highest BCUT2D eigenvalue weighted by Crippen LogP contribution is 2.12. The highest BCUT2D eigenvalue weighted by atomic mass is 16.5. The van der Waals surface area contributed by atoms with Gasteiger partial charge in [-0.2, -0.15) is 0 Å². The van der Waals surface area contributed by atoms with Crippen molar-refractivity contribution in [2.24, 2.45) is 11.5 Å².